The van der Waals surface area contributed by atoms with E-state index >= 15 is 0 Å². The van der Waals surface area contributed by atoms with Gasteiger partial charge in [-0.1, -0.05) is 26.0 Å². The second kappa shape index (κ2) is 8.23. The van der Waals surface area contributed by atoms with Crippen LogP contribution in [0.4, 0.5) is 0 Å². The van der Waals surface area contributed by atoms with Crippen LogP contribution in [0.5, 0.6) is 0 Å². The molecule has 1 rings (SSSR count). The number of rotatable bonds is 7. The second-order valence-electron chi connectivity index (χ2n) is 5.12. The summed E-state index contributed by atoms with van der Waals surface area (Å²) in [5.41, 5.74) is 1.85. The highest BCUT2D eigenvalue weighted by atomic mass is 32.2. The molecule has 0 aliphatic rings. The molecule has 0 bridgehead atoms. The molecule has 4 heteroatoms. The van der Waals surface area contributed by atoms with Gasteiger partial charge in [0.25, 0.3) is 5.91 Å². The standard InChI is InChI=1S/C15H23NO2S/c1-11(2)8-14(17)9-16-15(18)13-6-4-12(5-7-13)10-19-3/h4-7,11,14,17H,8-10H2,1-3H3,(H,16,18). The van der Waals surface area contributed by atoms with Crippen LogP contribution >= 0.6 is 11.8 Å². The molecule has 0 aromatic heterocycles. The van der Waals surface area contributed by atoms with Crippen molar-refractivity contribution in [3.63, 3.8) is 0 Å². The largest absolute Gasteiger partial charge is 0.391 e. The number of amides is 1. The SMILES string of the molecule is CSCc1ccc(C(=O)NCC(O)CC(C)C)cc1. The van der Waals surface area contributed by atoms with E-state index in [-0.39, 0.29) is 5.91 Å². The third-order valence-corrected chi connectivity index (χ3v) is 3.39. The van der Waals surface area contributed by atoms with Crippen molar-refractivity contribution in [1.29, 1.82) is 0 Å². The van der Waals surface area contributed by atoms with E-state index in [2.05, 4.69) is 25.4 Å². The first-order chi connectivity index (χ1) is 9.02. The van der Waals surface area contributed by atoms with Crippen molar-refractivity contribution in [2.24, 2.45) is 5.92 Å². The Morgan fingerprint density at radius 3 is 2.47 bits per heavy atom. The third-order valence-electron chi connectivity index (χ3n) is 2.77. The van der Waals surface area contributed by atoms with Gasteiger partial charge in [-0.25, -0.2) is 0 Å². The van der Waals surface area contributed by atoms with Crippen LogP contribution in [0.3, 0.4) is 0 Å². The molecule has 2 N–H and O–H groups in total. The maximum atomic E-state index is 11.9. The van der Waals surface area contributed by atoms with Gasteiger partial charge in [0, 0.05) is 17.9 Å². The first kappa shape index (κ1) is 16.1. The molecule has 19 heavy (non-hydrogen) atoms. The van der Waals surface area contributed by atoms with E-state index in [0.717, 1.165) is 5.75 Å². The van der Waals surface area contributed by atoms with Crippen molar-refractivity contribution >= 4 is 17.7 Å². The van der Waals surface area contributed by atoms with E-state index in [1.807, 2.05) is 24.3 Å². The second-order valence-corrected chi connectivity index (χ2v) is 5.99. The van der Waals surface area contributed by atoms with Gasteiger partial charge < -0.3 is 10.4 Å². The molecule has 0 radical (unpaired) electrons. The lowest BCUT2D eigenvalue weighted by atomic mass is 10.1. The Morgan fingerprint density at radius 1 is 1.32 bits per heavy atom. The van der Waals surface area contributed by atoms with Gasteiger partial charge >= 0.3 is 0 Å². The van der Waals surface area contributed by atoms with E-state index in [0.29, 0.717) is 24.4 Å². The van der Waals surface area contributed by atoms with E-state index in [9.17, 15) is 9.90 Å². The van der Waals surface area contributed by atoms with Crippen LogP contribution in [0.2, 0.25) is 0 Å². The monoisotopic (exact) mass is 281 g/mol. The van der Waals surface area contributed by atoms with Crippen LogP contribution in [0.1, 0.15) is 36.2 Å². The van der Waals surface area contributed by atoms with Crippen LogP contribution in [-0.4, -0.2) is 29.9 Å². The van der Waals surface area contributed by atoms with Crippen molar-refractivity contribution in [2.75, 3.05) is 12.8 Å². The number of thioether (sulfide) groups is 1. The highest BCUT2D eigenvalue weighted by Crippen LogP contribution is 2.10. The van der Waals surface area contributed by atoms with Crippen molar-refractivity contribution in [3.05, 3.63) is 35.4 Å². The molecule has 0 saturated heterocycles. The zero-order chi connectivity index (χ0) is 14.3. The number of aliphatic hydroxyl groups excluding tert-OH is 1. The van der Waals surface area contributed by atoms with E-state index < -0.39 is 6.10 Å². The van der Waals surface area contributed by atoms with Crippen molar-refractivity contribution in [3.8, 4) is 0 Å². The Hall–Kier alpha value is -1.00. The van der Waals surface area contributed by atoms with Gasteiger partial charge in [-0.05, 0) is 36.3 Å². The molecule has 0 heterocycles. The molecular formula is C15H23NO2S. The lowest BCUT2D eigenvalue weighted by Crippen LogP contribution is -2.32. The zero-order valence-corrected chi connectivity index (χ0v) is 12.7. The quantitative estimate of drug-likeness (QED) is 0.808. The summed E-state index contributed by atoms with van der Waals surface area (Å²) in [5.74, 6) is 1.26. The summed E-state index contributed by atoms with van der Waals surface area (Å²) >= 11 is 1.76. The molecule has 106 valence electrons. The highest BCUT2D eigenvalue weighted by Gasteiger charge is 2.10. The van der Waals surface area contributed by atoms with Gasteiger partial charge in [-0.15, -0.1) is 0 Å². The van der Waals surface area contributed by atoms with Crippen molar-refractivity contribution < 1.29 is 9.90 Å². The Morgan fingerprint density at radius 2 is 1.95 bits per heavy atom. The lowest BCUT2D eigenvalue weighted by molar-refractivity contribution is 0.0900. The normalized spacial score (nSPS) is 12.5. The van der Waals surface area contributed by atoms with E-state index in [1.165, 1.54) is 5.56 Å². The topological polar surface area (TPSA) is 49.3 Å². The average molecular weight is 281 g/mol. The molecule has 0 aliphatic heterocycles. The summed E-state index contributed by atoms with van der Waals surface area (Å²) in [5, 5.41) is 12.5. The fourth-order valence-corrected chi connectivity index (χ4v) is 2.38. The summed E-state index contributed by atoms with van der Waals surface area (Å²) < 4.78 is 0. The average Bonchev–Trinajstić information content (AvgIpc) is 2.36. The zero-order valence-electron chi connectivity index (χ0n) is 11.8. The number of carbonyl (C=O) groups is 1. The summed E-state index contributed by atoms with van der Waals surface area (Å²) in [6.07, 6.45) is 2.28. The minimum absolute atomic E-state index is 0.126. The lowest BCUT2D eigenvalue weighted by Gasteiger charge is -2.14. The van der Waals surface area contributed by atoms with Gasteiger partial charge in [0.2, 0.25) is 0 Å². The molecular weight excluding hydrogens is 258 g/mol. The van der Waals surface area contributed by atoms with Crippen LogP contribution in [0.25, 0.3) is 0 Å². The molecule has 1 aromatic rings. The van der Waals surface area contributed by atoms with Crippen LogP contribution in [-0.2, 0) is 5.75 Å². The Bertz CT molecular complexity index is 390. The van der Waals surface area contributed by atoms with Gasteiger partial charge in [0.05, 0.1) is 6.10 Å². The fraction of sp³-hybridized carbons (Fsp3) is 0.533. The fourth-order valence-electron chi connectivity index (χ4n) is 1.86. The summed E-state index contributed by atoms with van der Waals surface area (Å²) in [6, 6.07) is 7.59. The summed E-state index contributed by atoms with van der Waals surface area (Å²) in [7, 11) is 0. The van der Waals surface area contributed by atoms with Gasteiger partial charge in [-0.2, -0.15) is 11.8 Å². The predicted molar refractivity (Wildman–Crippen MR) is 81.5 cm³/mol. The van der Waals surface area contributed by atoms with Crippen LogP contribution in [0.15, 0.2) is 24.3 Å². The minimum Gasteiger partial charge on any atom is -0.391 e. The Labute approximate surface area is 119 Å². The Balaban J connectivity index is 2.44. The van der Waals surface area contributed by atoms with Crippen molar-refractivity contribution in [2.45, 2.75) is 32.1 Å². The number of aliphatic hydroxyl groups is 1. The van der Waals surface area contributed by atoms with Gasteiger partial charge in [0.15, 0.2) is 0 Å². The molecule has 1 unspecified atom stereocenters. The first-order valence-electron chi connectivity index (χ1n) is 6.57. The smallest absolute Gasteiger partial charge is 0.251 e. The first-order valence-corrected chi connectivity index (χ1v) is 7.96. The number of carbonyl (C=O) groups excluding carboxylic acids is 1. The molecule has 0 fully saturated rings. The molecule has 1 aromatic carbocycles. The van der Waals surface area contributed by atoms with Gasteiger partial charge in [0.1, 0.15) is 0 Å². The molecule has 1 atom stereocenters. The summed E-state index contributed by atoms with van der Waals surface area (Å²) in [6.45, 7) is 4.41. The number of hydrogen-bond acceptors (Lipinski definition) is 3. The maximum Gasteiger partial charge on any atom is 0.251 e. The number of hydrogen-bond donors (Lipinski definition) is 2. The number of nitrogens with one attached hydrogen (secondary N) is 1. The molecule has 0 spiro atoms. The molecule has 1 amide bonds. The third kappa shape index (κ3) is 6.12. The minimum atomic E-state index is -0.472. The molecule has 0 aliphatic carbocycles. The number of benzene rings is 1. The summed E-state index contributed by atoms with van der Waals surface area (Å²) in [4.78, 5) is 11.9. The van der Waals surface area contributed by atoms with Crippen LogP contribution in [0, 0.1) is 5.92 Å². The molecule has 3 nitrogen and oxygen atoms in total. The predicted octanol–water partition coefficient (Wildman–Crippen LogP) is 2.69. The van der Waals surface area contributed by atoms with E-state index in [1.54, 1.807) is 11.8 Å². The van der Waals surface area contributed by atoms with Crippen LogP contribution < -0.4 is 5.32 Å². The molecule has 0 saturated carbocycles. The van der Waals surface area contributed by atoms with E-state index in [4.69, 9.17) is 0 Å². The Kier molecular flexibility index (Phi) is 6.95. The highest BCUT2D eigenvalue weighted by molar-refractivity contribution is 7.97. The van der Waals surface area contributed by atoms with Crippen molar-refractivity contribution in [1.82, 2.24) is 5.32 Å². The maximum absolute atomic E-state index is 11.9. The van der Waals surface area contributed by atoms with Gasteiger partial charge in [-0.3, -0.25) is 4.79 Å².